The predicted octanol–water partition coefficient (Wildman–Crippen LogP) is 3.06. The zero-order valence-electron chi connectivity index (χ0n) is 11.9. The smallest absolute Gasteiger partial charge is 0.161 e. The quantitative estimate of drug-likeness (QED) is 0.617. The fourth-order valence-corrected chi connectivity index (χ4v) is 2.89. The highest BCUT2D eigenvalue weighted by Crippen LogP contribution is 2.42. The predicted molar refractivity (Wildman–Crippen MR) is 91.7 cm³/mol. The highest BCUT2D eigenvalue weighted by atomic mass is 79.9. The summed E-state index contributed by atoms with van der Waals surface area (Å²) >= 11 is 0. The third-order valence-corrected chi connectivity index (χ3v) is 3.95. The Labute approximate surface area is 139 Å². The zero-order chi connectivity index (χ0) is 15.0. The molecule has 5 N–H and O–H groups in total. The molecule has 0 bridgehead atoms. The minimum Gasteiger partial charge on any atom is -0.508 e. The first-order valence-electron chi connectivity index (χ1n) is 6.84. The van der Waals surface area contributed by atoms with E-state index in [1.54, 1.807) is 24.3 Å². The maximum Gasteiger partial charge on any atom is 0.161 e. The molecular weight excluding hydrogens is 346 g/mol. The SMILES string of the molecule is Br.NCC1=CC(c2cccc(O)c2)Cc2c1ccc(O)c2O. The van der Waals surface area contributed by atoms with Gasteiger partial charge >= 0.3 is 0 Å². The van der Waals surface area contributed by atoms with Gasteiger partial charge in [0.05, 0.1) is 0 Å². The fraction of sp³-hybridized carbons (Fsp3) is 0.176. The van der Waals surface area contributed by atoms with E-state index in [4.69, 9.17) is 5.73 Å². The van der Waals surface area contributed by atoms with Crippen molar-refractivity contribution in [2.75, 3.05) is 6.54 Å². The highest BCUT2D eigenvalue weighted by molar-refractivity contribution is 8.93. The van der Waals surface area contributed by atoms with Gasteiger partial charge in [0.25, 0.3) is 0 Å². The molecule has 4 nitrogen and oxygen atoms in total. The van der Waals surface area contributed by atoms with Crippen LogP contribution in [0.2, 0.25) is 0 Å². The normalized spacial score (nSPS) is 16.4. The largest absolute Gasteiger partial charge is 0.508 e. The summed E-state index contributed by atoms with van der Waals surface area (Å²) in [5, 5.41) is 29.4. The lowest BCUT2D eigenvalue weighted by Gasteiger charge is -2.25. The molecule has 0 aliphatic heterocycles. The lowest BCUT2D eigenvalue weighted by molar-refractivity contribution is 0.398. The van der Waals surface area contributed by atoms with Crippen molar-refractivity contribution in [1.29, 1.82) is 0 Å². The number of fused-ring (bicyclic) bond motifs is 1. The highest BCUT2D eigenvalue weighted by Gasteiger charge is 2.24. The first-order valence-corrected chi connectivity index (χ1v) is 6.84. The molecular formula is C17H18BrNO3. The number of aromatic hydroxyl groups is 3. The molecule has 3 rings (SSSR count). The van der Waals surface area contributed by atoms with Crippen molar-refractivity contribution in [3.05, 3.63) is 59.2 Å². The Bertz CT molecular complexity index is 728. The molecule has 1 unspecified atom stereocenters. The van der Waals surface area contributed by atoms with E-state index in [2.05, 4.69) is 6.08 Å². The average molecular weight is 364 g/mol. The minimum atomic E-state index is -0.123. The second kappa shape index (κ2) is 6.42. The maximum absolute atomic E-state index is 10.1. The molecule has 1 atom stereocenters. The van der Waals surface area contributed by atoms with E-state index in [-0.39, 0.29) is 40.1 Å². The van der Waals surface area contributed by atoms with Crippen LogP contribution in [0.5, 0.6) is 17.2 Å². The summed E-state index contributed by atoms with van der Waals surface area (Å²) in [5.74, 6) is 0.00959. The van der Waals surface area contributed by atoms with Crippen molar-refractivity contribution >= 4 is 22.6 Å². The Kier molecular flexibility index (Phi) is 4.78. The molecule has 0 saturated carbocycles. The van der Waals surface area contributed by atoms with Gasteiger partial charge in [-0.25, -0.2) is 0 Å². The summed E-state index contributed by atoms with van der Waals surface area (Å²) in [6, 6.07) is 10.3. The van der Waals surface area contributed by atoms with Gasteiger partial charge in [0.1, 0.15) is 5.75 Å². The van der Waals surface area contributed by atoms with Gasteiger partial charge in [0, 0.05) is 18.0 Å². The van der Waals surface area contributed by atoms with Gasteiger partial charge in [-0.1, -0.05) is 24.3 Å². The Balaban J connectivity index is 0.00000176. The van der Waals surface area contributed by atoms with Gasteiger partial charge in [0.2, 0.25) is 0 Å². The van der Waals surface area contributed by atoms with E-state index in [9.17, 15) is 15.3 Å². The number of rotatable bonds is 2. The van der Waals surface area contributed by atoms with Crippen molar-refractivity contribution in [2.45, 2.75) is 12.3 Å². The summed E-state index contributed by atoms with van der Waals surface area (Å²) in [6.45, 7) is 0.354. The number of halogens is 1. The van der Waals surface area contributed by atoms with Crippen LogP contribution in [0.15, 0.2) is 42.5 Å². The Hall–Kier alpha value is -1.98. The number of hydrogen-bond donors (Lipinski definition) is 4. The lowest BCUT2D eigenvalue weighted by Crippen LogP contribution is -2.14. The first-order chi connectivity index (χ1) is 10.1. The second-order valence-electron chi connectivity index (χ2n) is 5.26. The molecule has 1 aliphatic rings. The van der Waals surface area contributed by atoms with E-state index in [0.717, 1.165) is 16.7 Å². The molecule has 22 heavy (non-hydrogen) atoms. The third-order valence-electron chi connectivity index (χ3n) is 3.95. The van der Waals surface area contributed by atoms with Crippen LogP contribution in [0.25, 0.3) is 5.57 Å². The second-order valence-corrected chi connectivity index (χ2v) is 5.26. The van der Waals surface area contributed by atoms with E-state index >= 15 is 0 Å². The minimum absolute atomic E-state index is 0. The van der Waals surface area contributed by atoms with Crippen LogP contribution in [0, 0.1) is 0 Å². The zero-order valence-corrected chi connectivity index (χ0v) is 13.6. The molecule has 0 heterocycles. The standard InChI is InChI=1S/C17H17NO3.BrH/c18-9-12-6-11(10-2-1-3-13(19)7-10)8-15-14(12)4-5-16(20)17(15)21;/h1-7,11,19-21H,8-9,18H2;1H. The average Bonchev–Trinajstić information content (AvgIpc) is 2.50. The van der Waals surface area contributed by atoms with Crippen LogP contribution in [0.1, 0.15) is 22.6 Å². The van der Waals surface area contributed by atoms with Gasteiger partial charge in [-0.15, -0.1) is 17.0 Å². The molecule has 0 radical (unpaired) electrons. The van der Waals surface area contributed by atoms with Gasteiger partial charge in [-0.05, 0) is 41.3 Å². The number of allylic oxidation sites excluding steroid dienone is 1. The summed E-state index contributed by atoms with van der Waals surface area (Å²) in [5.41, 5.74) is 9.28. The molecule has 0 aromatic heterocycles. The number of phenolic OH excluding ortho intramolecular Hbond substituents is 3. The number of hydrogen-bond acceptors (Lipinski definition) is 4. The van der Waals surface area contributed by atoms with Crippen molar-refractivity contribution < 1.29 is 15.3 Å². The summed E-state index contributed by atoms with van der Waals surface area (Å²) < 4.78 is 0. The van der Waals surface area contributed by atoms with E-state index in [1.165, 1.54) is 6.07 Å². The Morgan fingerprint density at radius 1 is 1.09 bits per heavy atom. The van der Waals surface area contributed by atoms with Gasteiger partial charge in [-0.3, -0.25) is 0 Å². The lowest BCUT2D eigenvalue weighted by atomic mass is 9.80. The van der Waals surface area contributed by atoms with E-state index < -0.39 is 0 Å². The number of phenols is 3. The monoisotopic (exact) mass is 363 g/mol. The summed E-state index contributed by atoms with van der Waals surface area (Å²) in [7, 11) is 0. The van der Waals surface area contributed by atoms with Crippen LogP contribution in [-0.4, -0.2) is 21.9 Å². The third kappa shape index (κ3) is 2.82. The topological polar surface area (TPSA) is 86.7 Å². The fourth-order valence-electron chi connectivity index (χ4n) is 2.89. The van der Waals surface area contributed by atoms with E-state index in [1.807, 2.05) is 6.07 Å². The molecule has 116 valence electrons. The Morgan fingerprint density at radius 2 is 1.86 bits per heavy atom. The molecule has 5 heteroatoms. The van der Waals surface area contributed by atoms with Crippen LogP contribution < -0.4 is 5.73 Å². The molecule has 0 spiro atoms. The first kappa shape index (κ1) is 16.4. The van der Waals surface area contributed by atoms with Crippen LogP contribution in [-0.2, 0) is 6.42 Å². The number of nitrogens with two attached hydrogens (primary N) is 1. The molecule has 1 aliphatic carbocycles. The summed E-state index contributed by atoms with van der Waals surface area (Å²) in [6.07, 6.45) is 2.62. The van der Waals surface area contributed by atoms with Crippen molar-refractivity contribution in [3.63, 3.8) is 0 Å². The van der Waals surface area contributed by atoms with E-state index in [0.29, 0.717) is 18.5 Å². The van der Waals surface area contributed by atoms with Gasteiger partial charge in [-0.2, -0.15) is 0 Å². The number of benzene rings is 2. The Morgan fingerprint density at radius 3 is 2.55 bits per heavy atom. The van der Waals surface area contributed by atoms with Crippen LogP contribution in [0.3, 0.4) is 0 Å². The van der Waals surface area contributed by atoms with Crippen molar-refractivity contribution in [1.82, 2.24) is 0 Å². The van der Waals surface area contributed by atoms with Gasteiger partial charge < -0.3 is 21.1 Å². The molecule has 0 amide bonds. The van der Waals surface area contributed by atoms with Crippen LogP contribution in [0.4, 0.5) is 0 Å². The molecule has 2 aromatic carbocycles. The summed E-state index contributed by atoms with van der Waals surface area (Å²) in [4.78, 5) is 0. The maximum atomic E-state index is 10.1. The molecule has 2 aromatic rings. The molecule has 0 saturated heterocycles. The van der Waals surface area contributed by atoms with Crippen molar-refractivity contribution in [3.8, 4) is 17.2 Å². The van der Waals surface area contributed by atoms with Crippen molar-refractivity contribution in [2.24, 2.45) is 5.73 Å². The molecule has 0 fully saturated rings. The van der Waals surface area contributed by atoms with Crippen LogP contribution >= 0.6 is 17.0 Å². The van der Waals surface area contributed by atoms with Gasteiger partial charge in [0.15, 0.2) is 11.5 Å².